The number of hydrogen-bond donors (Lipinski definition) is 1. The van der Waals surface area contributed by atoms with Crippen LogP contribution in [0.3, 0.4) is 0 Å². The van der Waals surface area contributed by atoms with Gasteiger partial charge in [-0.2, -0.15) is 0 Å². The number of sulfonamides is 1. The fourth-order valence-electron chi connectivity index (χ4n) is 2.90. The van der Waals surface area contributed by atoms with Crippen molar-refractivity contribution >= 4 is 10.0 Å². The van der Waals surface area contributed by atoms with Crippen molar-refractivity contribution < 1.29 is 26.8 Å². The molecule has 148 valence electrons. The molecule has 7 nitrogen and oxygen atoms in total. The normalized spacial score (nSPS) is 20.6. The molecule has 9 heteroatoms. The van der Waals surface area contributed by atoms with Gasteiger partial charge in [-0.25, -0.2) is 17.5 Å². The van der Waals surface area contributed by atoms with Crippen molar-refractivity contribution in [2.75, 3.05) is 25.6 Å². The molecule has 3 rings (SSSR count). The van der Waals surface area contributed by atoms with Gasteiger partial charge in [0.25, 0.3) is 0 Å². The van der Waals surface area contributed by atoms with E-state index in [-0.39, 0.29) is 36.7 Å². The van der Waals surface area contributed by atoms with Crippen molar-refractivity contribution in [1.82, 2.24) is 9.88 Å². The third-order valence-corrected chi connectivity index (χ3v) is 5.94. The Labute approximate surface area is 157 Å². The Morgan fingerprint density at radius 3 is 2.85 bits per heavy atom. The molecule has 0 bridgehead atoms. The summed E-state index contributed by atoms with van der Waals surface area (Å²) in [6.45, 7) is 4.33. The van der Waals surface area contributed by atoms with E-state index < -0.39 is 15.8 Å². The summed E-state index contributed by atoms with van der Waals surface area (Å²) in [5.74, 6) is 0.144. The smallest absolute Gasteiger partial charge is 0.211 e. The van der Waals surface area contributed by atoms with Crippen LogP contribution in [0.15, 0.2) is 28.8 Å². The minimum Gasteiger partial charge on any atom is -0.490 e. The molecule has 2 heterocycles. The first-order valence-corrected chi connectivity index (χ1v) is 10.5. The maximum Gasteiger partial charge on any atom is 0.211 e. The van der Waals surface area contributed by atoms with Crippen LogP contribution in [0, 0.1) is 18.7 Å². The maximum absolute atomic E-state index is 14.4. The Bertz CT molecular complexity index is 884. The van der Waals surface area contributed by atoms with E-state index in [1.807, 2.05) is 0 Å². The van der Waals surface area contributed by atoms with Gasteiger partial charge in [0, 0.05) is 24.2 Å². The zero-order valence-electron chi connectivity index (χ0n) is 15.3. The number of rotatable bonds is 7. The molecule has 2 aromatic rings. The zero-order valence-corrected chi connectivity index (χ0v) is 16.1. The lowest BCUT2D eigenvalue weighted by atomic mass is 9.97. The molecule has 1 aromatic carbocycles. The highest BCUT2D eigenvalue weighted by molar-refractivity contribution is 7.89. The average Bonchev–Trinajstić information content (AvgIpc) is 3.08. The van der Waals surface area contributed by atoms with Crippen LogP contribution in [-0.2, 0) is 14.8 Å². The van der Waals surface area contributed by atoms with Crippen LogP contribution in [0.25, 0.3) is 11.3 Å². The second-order valence-corrected chi connectivity index (χ2v) is 8.57. The van der Waals surface area contributed by atoms with Gasteiger partial charge in [-0.05, 0) is 38.5 Å². The summed E-state index contributed by atoms with van der Waals surface area (Å²) < 4.78 is 56.7. The van der Waals surface area contributed by atoms with Crippen LogP contribution < -0.4 is 9.46 Å². The molecule has 0 amide bonds. The van der Waals surface area contributed by atoms with E-state index in [1.54, 1.807) is 32.0 Å². The number of aromatic nitrogens is 1. The van der Waals surface area contributed by atoms with Gasteiger partial charge in [-0.1, -0.05) is 5.16 Å². The predicted octanol–water partition coefficient (Wildman–Crippen LogP) is 2.51. The summed E-state index contributed by atoms with van der Waals surface area (Å²) in [6.07, 6.45) is 0.634. The summed E-state index contributed by atoms with van der Waals surface area (Å²) in [5.41, 5.74) is 1.15. The van der Waals surface area contributed by atoms with Crippen LogP contribution in [-0.4, -0.2) is 45.2 Å². The average molecular weight is 398 g/mol. The number of nitrogens with one attached hydrogen (secondary N) is 1. The second kappa shape index (κ2) is 8.37. The Balaban J connectivity index is 1.66. The largest absolute Gasteiger partial charge is 0.490 e. The first-order chi connectivity index (χ1) is 12.9. The standard InChI is InChI=1S/C18H23FN2O5S/c1-3-27(22,23)21-17-11-24-7-6-14(17)10-25-18-5-4-13(9-15(18)19)16-8-12(2)26-20-16/h4-5,8-9,14,17,21H,3,6-7,10-11H2,1-2H3/t14-,17+/m1/s1. The summed E-state index contributed by atoms with van der Waals surface area (Å²) >= 11 is 0. The third kappa shape index (κ3) is 5.06. The van der Waals surface area contributed by atoms with Crippen molar-refractivity contribution in [2.24, 2.45) is 5.92 Å². The van der Waals surface area contributed by atoms with Crippen molar-refractivity contribution in [3.8, 4) is 17.0 Å². The Kier molecular flexibility index (Phi) is 6.13. The van der Waals surface area contributed by atoms with Gasteiger partial charge in [0.1, 0.15) is 11.5 Å². The van der Waals surface area contributed by atoms with E-state index >= 15 is 0 Å². The minimum atomic E-state index is -3.35. The number of nitrogens with zero attached hydrogens (tertiary/aromatic N) is 1. The van der Waals surface area contributed by atoms with E-state index in [4.69, 9.17) is 14.0 Å². The molecule has 0 unspecified atom stereocenters. The first-order valence-electron chi connectivity index (χ1n) is 8.81. The monoisotopic (exact) mass is 398 g/mol. The van der Waals surface area contributed by atoms with Gasteiger partial charge < -0.3 is 14.0 Å². The SMILES string of the molecule is CCS(=O)(=O)N[C@H]1COCC[C@@H]1COc1ccc(-c2cc(C)on2)cc1F. The van der Waals surface area contributed by atoms with Gasteiger partial charge in [-0.3, -0.25) is 0 Å². The van der Waals surface area contributed by atoms with E-state index in [2.05, 4.69) is 9.88 Å². The van der Waals surface area contributed by atoms with E-state index in [0.29, 0.717) is 30.0 Å². The van der Waals surface area contributed by atoms with Gasteiger partial charge >= 0.3 is 0 Å². The van der Waals surface area contributed by atoms with E-state index in [9.17, 15) is 12.8 Å². The zero-order chi connectivity index (χ0) is 19.4. The van der Waals surface area contributed by atoms with Crippen molar-refractivity contribution in [2.45, 2.75) is 26.3 Å². The number of hydrogen-bond acceptors (Lipinski definition) is 6. The molecule has 0 aliphatic carbocycles. The van der Waals surface area contributed by atoms with Gasteiger partial charge in [0.05, 0.1) is 25.0 Å². The molecule has 1 aromatic heterocycles. The van der Waals surface area contributed by atoms with E-state index in [1.165, 1.54) is 6.07 Å². The van der Waals surface area contributed by atoms with Crippen LogP contribution in [0.2, 0.25) is 0 Å². The van der Waals surface area contributed by atoms with Gasteiger partial charge in [0.2, 0.25) is 10.0 Å². The highest BCUT2D eigenvalue weighted by Gasteiger charge is 2.29. The molecule has 27 heavy (non-hydrogen) atoms. The summed E-state index contributed by atoms with van der Waals surface area (Å²) in [5, 5.41) is 3.87. The van der Waals surface area contributed by atoms with Gasteiger partial charge in [-0.15, -0.1) is 0 Å². The fraction of sp³-hybridized carbons (Fsp3) is 0.500. The lowest BCUT2D eigenvalue weighted by molar-refractivity contribution is 0.0269. The molecular formula is C18H23FN2O5S. The Morgan fingerprint density at radius 2 is 2.19 bits per heavy atom. The molecular weight excluding hydrogens is 375 g/mol. The highest BCUT2D eigenvalue weighted by Crippen LogP contribution is 2.26. The number of benzene rings is 1. The summed E-state index contributed by atoms with van der Waals surface area (Å²) in [7, 11) is -3.35. The molecule has 1 saturated heterocycles. The Morgan fingerprint density at radius 1 is 1.37 bits per heavy atom. The minimum absolute atomic E-state index is 0.00527. The highest BCUT2D eigenvalue weighted by atomic mass is 32.2. The number of ether oxygens (including phenoxy) is 2. The molecule has 0 saturated carbocycles. The van der Waals surface area contributed by atoms with Crippen LogP contribution in [0.4, 0.5) is 4.39 Å². The Hall–Kier alpha value is -1.97. The summed E-state index contributed by atoms with van der Waals surface area (Å²) in [6, 6.07) is 5.93. The predicted molar refractivity (Wildman–Crippen MR) is 97.4 cm³/mol. The number of aryl methyl sites for hydroxylation is 1. The number of halogens is 1. The lowest BCUT2D eigenvalue weighted by Gasteiger charge is -2.31. The van der Waals surface area contributed by atoms with Crippen LogP contribution in [0.5, 0.6) is 5.75 Å². The van der Waals surface area contributed by atoms with Gasteiger partial charge in [0.15, 0.2) is 11.6 Å². The fourth-order valence-corrected chi connectivity index (χ4v) is 3.79. The van der Waals surface area contributed by atoms with Crippen LogP contribution >= 0.6 is 0 Å². The first kappa shape index (κ1) is 19.8. The molecule has 1 N–H and O–H groups in total. The topological polar surface area (TPSA) is 90.7 Å². The third-order valence-electron chi connectivity index (χ3n) is 4.52. The van der Waals surface area contributed by atoms with E-state index in [0.717, 1.165) is 0 Å². The molecule has 1 fully saturated rings. The molecule has 2 atom stereocenters. The van der Waals surface area contributed by atoms with Crippen LogP contribution in [0.1, 0.15) is 19.1 Å². The maximum atomic E-state index is 14.4. The summed E-state index contributed by atoms with van der Waals surface area (Å²) in [4.78, 5) is 0. The molecule has 0 spiro atoms. The lowest BCUT2D eigenvalue weighted by Crippen LogP contribution is -2.48. The van der Waals surface area contributed by atoms with Crippen molar-refractivity contribution in [1.29, 1.82) is 0 Å². The molecule has 1 aliphatic heterocycles. The second-order valence-electron chi connectivity index (χ2n) is 6.53. The van der Waals surface area contributed by atoms with Crippen molar-refractivity contribution in [3.05, 3.63) is 35.8 Å². The molecule has 0 radical (unpaired) electrons. The molecule has 1 aliphatic rings. The quantitative estimate of drug-likeness (QED) is 0.771. The van der Waals surface area contributed by atoms with Crippen molar-refractivity contribution in [3.63, 3.8) is 0 Å².